The van der Waals surface area contributed by atoms with Gasteiger partial charge in [-0.15, -0.1) is 0 Å². The van der Waals surface area contributed by atoms with E-state index < -0.39 is 0 Å². The van der Waals surface area contributed by atoms with Crippen LogP contribution in [0.15, 0.2) is 22.7 Å². The first-order valence-electron chi connectivity index (χ1n) is 3.81. The van der Waals surface area contributed by atoms with Crippen LogP contribution in [-0.2, 0) is 0 Å². The number of benzene rings is 1. The normalized spacial score (nSPS) is 13.0. The maximum absolute atomic E-state index is 8.72. The highest BCUT2D eigenvalue weighted by Crippen LogP contribution is 2.20. The summed E-state index contributed by atoms with van der Waals surface area (Å²) in [6.45, 7) is 3.93. The fourth-order valence-corrected chi connectivity index (χ4v) is 1.67. The van der Waals surface area contributed by atoms with E-state index in [-0.39, 0.29) is 6.04 Å². The molecule has 0 bridgehead atoms. The molecule has 1 rings (SSSR count). The Hall–Kier alpha value is -0.380. The maximum atomic E-state index is 8.72. The lowest BCUT2D eigenvalue weighted by Crippen LogP contribution is -2.14. The smallest absolute Gasteiger partial charge is 0.0543 e. The predicted octanol–water partition coefficient (Wildman–Crippen LogP) is 2.80. The summed E-state index contributed by atoms with van der Waals surface area (Å²) in [5, 5.41) is 8.72. The molecule has 0 amide bonds. The van der Waals surface area contributed by atoms with Gasteiger partial charge in [-0.3, -0.25) is 0 Å². The summed E-state index contributed by atoms with van der Waals surface area (Å²) in [6.07, 6.45) is 0. The molecule has 12 heavy (non-hydrogen) atoms. The molecule has 0 aromatic heterocycles. The van der Waals surface area contributed by atoms with Crippen molar-refractivity contribution in [1.82, 2.24) is 5.48 Å². The van der Waals surface area contributed by atoms with E-state index in [0.717, 1.165) is 10.0 Å². The predicted molar refractivity (Wildman–Crippen MR) is 52.2 cm³/mol. The lowest BCUT2D eigenvalue weighted by molar-refractivity contribution is 0.133. The Morgan fingerprint density at radius 2 is 2.17 bits per heavy atom. The molecular formula is C9H12BrNO. The quantitative estimate of drug-likeness (QED) is 0.765. The van der Waals surface area contributed by atoms with Crippen LogP contribution >= 0.6 is 15.9 Å². The fraction of sp³-hybridized carbons (Fsp3) is 0.333. The fourth-order valence-electron chi connectivity index (χ4n) is 1.19. The molecule has 0 heterocycles. The van der Waals surface area contributed by atoms with E-state index >= 15 is 0 Å². The summed E-state index contributed by atoms with van der Waals surface area (Å²) in [7, 11) is 0. The van der Waals surface area contributed by atoms with Crippen LogP contribution < -0.4 is 5.48 Å². The minimum atomic E-state index is -0.0156. The molecule has 1 atom stereocenters. The Morgan fingerprint density at radius 1 is 1.50 bits per heavy atom. The molecule has 0 spiro atoms. The standard InChI is InChI=1S/C9H12BrNO/c1-6-5-8(10)3-4-9(6)7(2)11-12/h3-5,7,11-12H,1-2H3. The van der Waals surface area contributed by atoms with Gasteiger partial charge in [0.05, 0.1) is 6.04 Å². The molecule has 0 aliphatic rings. The number of rotatable bonds is 2. The molecule has 0 aliphatic heterocycles. The second kappa shape index (κ2) is 4.03. The molecule has 0 fully saturated rings. The van der Waals surface area contributed by atoms with E-state index in [2.05, 4.69) is 21.4 Å². The Kier molecular flexibility index (Phi) is 3.26. The molecule has 0 saturated carbocycles. The summed E-state index contributed by atoms with van der Waals surface area (Å²) in [6, 6.07) is 5.98. The molecule has 0 radical (unpaired) electrons. The molecule has 66 valence electrons. The summed E-state index contributed by atoms with van der Waals surface area (Å²) in [5.41, 5.74) is 4.50. The van der Waals surface area contributed by atoms with Gasteiger partial charge in [0.1, 0.15) is 0 Å². The third-order valence-electron chi connectivity index (χ3n) is 1.89. The Morgan fingerprint density at radius 3 is 2.67 bits per heavy atom. The monoisotopic (exact) mass is 229 g/mol. The average molecular weight is 230 g/mol. The van der Waals surface area contributed by atoms with Crippen molar-refractivity contribution in [3.63, 3.8) is 0 Å². The van der Waals surface area contributed by atoms with Crippen molar-refractivity contribution >= 4 is 15.9 Å². The number of aryl methyl sites for hydroxylation is 1. The van der Waals surface area contributed by atoms with Gasteiger partial charge in [0, 0.05) is 4.47 Å². The first kappa shape index (κ1) is 9.71. The van der Waals surface area contributed by atoms with Gasteiger partial charge >= 0.3 is 0 Å². The van der Waals surface area contributed by atoms with Gasteiger partial charge in [-0.1, -0.05) is 22.0 Å². The third-order valence-corrected chi connectivity index (χ3v) is 2.39. The Bertz CT molecular complexity index is 275. The van der Waals surface area contributed by atoms with E-state index in [1.54, 1.807) is 0 Å². The highest BCUT2D eigenvalue weighted by atomic mass is 79.9. The number of halogens is 1. The van der Waals surface area contributed by atoms with E-state index in [4.69, 9.17) is 5.21 Å². The van der Waals surface area contributed by atoms with Crippen LogP contribution in [-0.4, -0.2) is 5.21 Å². The van der Waals surface area contributed by atoms with Crippen LogP contribution in [0.5, 0.6) is 0 Å². The molecule has 0 aliphatic carbocycles. The second-order valence-electron chi connectivity index (χ2n) is 2.85. The van der Waals surface area contributed by atoms with Crippen molar-refractivity contribution in [2.24, 2.45) is 0 Å². The van der Waals surface area contributed by atoms with E-state index in [9.17, 15) is 0 Å². The molecule has 1 aromatic rings. The molecule has 2 N–H and O–H groups in total. The van der Waals surface area contributed by atoms with Crippen molar-refractivity contribution in [3.8, 4) is 0 Å². The van der Waals surface area contributed by atoms with Gasteiger partial charge in [0.15, 0.2) is 0 Å². The van der Waals surface area contributed by atoms with Gasteiger partial charge in [-0.25, -0.2) is 0 Å². The van der Waals surface area contributed by atoms with Gasteiger partial charge in [0.2, 0.25) is 0 Å². The first-order valence-corrected chi connectivity index (χ1v) is 4.60. The highest BCUT2D eigenvalue weighted by molar-refractivity contribution is 9.10. The highest BCUT2D eigenvalue weighted by Gasteiger charge is 2.05. The lowest BCUT2D eigenvalue weighted by atomic mass is 10.0. The second-order valence-corrected chi connectivity index (χ2v) is 3.77. The molecule has 1 unspecified atom stereocenters. The number of hydrogen-bond acceptors (Lipinski definition) is 2. The van der Waals surface area contributed by atoms with E-state index in [0.29, 0.717) is 0 Å². The third kappa shape index (κ3) is 2.06. The van der Waals surface area contributed by atoms with Gasteiger partial charge < -0.3 is 5.21 Å². The molecule has 1 aromatic carbocycles. The van der Waals surface area contributed by atoms with Crippen molar-refractivity contribution in [3.05, 3.63) is 33.8 Å². The summed E-state index contributed by atoms with van der Waals surface area (Å²) in [4.78, 5) is 0. The average Bonchev–Trinajstić information content (AvgIpc) is 2.03. The van der Waals surface area contributed by atoms with Crippen LogP contribution in [0.4, 0.5) is 0 Å². The van der Waals surface area contributed by atoms with Crippen LogP contribution in [0, 0.1) is 6.92 Å². The van der Waals surface area contributed by atoms with Crippen molar-refractivity contribution in [2.75, 3.05) is 0 Å². The van der Waals surface area contributed by atoms with Crippen LogP contribution in [0.1, 0.15) is 24.1 Å². The first-order chi connectivity index (χ1) is 5.65. The zero-order valence-electron chi connectivity index (χ0n) is 7.13. The SMILES string of the molecule is Cc1cc(Br)ccc1C(C)NO. The Balaban J connectivity index is 3.01. The maximum Gasteiger partial charge on any atom is 0.0543 e. The molecular weight excluding hydrogens is 218 g/mol. The van der Waals surface area contributed by atoms with Gasteiger partial charge in [0.25, 0.3) is 0 Å². The number of hydrogen-bond donors (Lipinski definition) is 2. The van der Waals surface area contributed by atoms with Crippen LogP contribution in [0.3, 0.4) is 0 Å². The number of hydroxylamine groups is 1. The van der Waals surface area contributed by atoms with Crippen LogP contribution in [0.2, 0.25) is 0 Å². The van der Waals surface area contributed by atoms with Gasteiger partial charge in [-0.2, -0.15) is 5.48 Å². The number of nitrogens with one attached hydrogen (secondary N) is 1. The zero-order chi connectivity index (χ0) is 9.14. The van der Waals surface area contributed by atoms with E-state index in [1.165, 1.54) is 5.56 Å². The minimum Gasteiger partial charge on any atom is -0.316 e. The molecule has 0 saturated heterocycles. The summed E-state index contributed by atoms with van der Waals surface area (Å²) >= 11 is 3.38. The van der Waals surface area contributed by atoms with Crippen molar-refractivity contribution in [2.45, 2.75) is 19.9 Å². The van der Waals surface area contributed by atoms with Gasteiger partial charge in [-0.05, 0) is 37.1 Å². The van der Waals surface area contributed by atoms with E-state index in [1.807, 2.05) is 32.0 Å². The Labute approximate surface area is 80.7 Å². The topological polar surface area (TPSA) is 32.3 Å². The minimum absolute atomic E-state index is 0.0156. The molecule has 2 nitrogen and oxygen atoms in total. The summed E-state index contributed by atoms with van der Waals surface area (Å²) in [5.74, 6) is 0. The zero-order valence-corrected chi connectivity index (χ0v) is 8.72. The largest absolute Gasteiger partial charge is 0.316 e. The summed E-state index contributed by atoms with van der Waals surface area (Å²) < 4.78 is 1.06. The van der Waals surface area contributed by atoms with Crippen LogP contribution in [0.25, 0.3) is 0 Å². The molecule has 3 heteroatoms. The van der Waals surface area contributed by atoms with Crippen molar-refractivity contribution in [1.29, 1.82) is 0 Å². The lowest BCUT2D eigenvalue weighted by Gasteiger charge is -2.12. The van der Waals surface area contributed by atoms with Crippen molar-refractivity contribution < 1.29 is 5.21 Å².